The van der Waals surface area contributed by atoms with Crippen LogP contribution in [0.1, 0.15) is 23.7 Å². The predicted molar refractivity (Wildman–Crippen MR) is 89.9 cm³/mol. The average Bonchev–Trinajstić information content (AvgIpc) is 2.52. The quantitative estimate of drug-likeness (QED) is 0.530. The van der Waals surface area contributed by atoms with Crippen LogP contribution < -0.4 is 15.0 Å². The fourth-order valence-electron chi connectivity index (χ4n) is 2.05. The molecule has 9 heteroatoms. The Morgan fingerprint density at radius 1 is 1.26 bits per heavy atom. The molecule has 2 N–H and O–H groups in total. The van der Waals surface area contributed by atoms with E-state index in [1.807, 2.05) is 0 Å². The van der Waals surface area contributed by atoms with Gasteiger partial charge in [-0.15, -0.1) is 34.8 Å². The minimum absolute atomic E-state index is 0.0719. The summed E-state index contributed by atoms with van der Waals surface area (Å²) in [7, 11) is 2.57. The molecule has 0 aliphatic heterocycles. The molecule has 0 aliphatic rings. The topological polar surface area (TPSA) is 88.6 Å². The molecule has 1 aromatic rings. The molecule has 0 aliphatic carbocycles. The van der Waals surface area contributed by atoms with Crippen LogP contribution in [0.4, 0.5) is 0 Å². The van der Waals surface area contributed by atoms with Crippen LogP contribution in [-0.2, 0) is 0 Å². The van der Waals surface area contributed by atoms with Gasteiger partial charge in [-0.25, -0.2) is 0 Å². The van der Waals surface area contributed by atoms with Crippen molar-refractivity contribution in [1.82, 2.24) is 4.98 Å². The van der Waals surface area contributed by atoms with Crippen molar-refractivity contribution in [2.75, 3.05) is 20.1 Å². The zero-order valence-electron chi connectivity index (χ0n) is 12.9. The third-order valence-corrected chi connectivity index (χ3v) is 4.89. The Morgan fingerprint density at radius 3 is 2.35 bits per heavy atom. The molecule has 23 heavy (non-hydrogen) atoms. The molecule has 1 rings (SSSR count). The van der Waals surface area contributed by atoms with Gasteiger partial charge in [0, 0.05) is 11.8 Å². The highest BCUT2D eigenvalue weighted by atomic mass is 35.5. The molecule has 0 saturated carbocycles. The van der Waals surface area contributed by atoms with Crippen LogP contribution in [0.5, 0.6) is 17.4 Å². The molecule has 1 heterocycles. The lowest BCUT2D eigenvalue weighted by molar-refractivity contribution is 0.0918. The summed E-state index contributed by atoms with van der Waals surface area (Å²) in [6.45, 7) is 1.59. The van der Waals surface area contributed by atoms with Crippen molar-refractivity contribution in [3.05, 3.63) is 15.9 Å². The van der Waals surface area contributed by atoms with Crippen molar-refractivity contribution >= 4 is 40.6 Å². The third-order valence-electron chi connectivity index (χ3n) is 3.33. The summed E-state index contributed by atoms with van der Waals surface area (Å²) in [4.78, 5) is 26.9. The fraction of sp³-hybridized carbons (Fsp3) is 0.571. The van der Waals surface area contributed by atoms with Crippen LogP contribution in [0.3, 0.4) is 0 Å². The molecule has 6 nitrogen and oxygen atoms in total. The normalized spacial score (nSPS) is 14.9. The monoisotopic (exact) mass is 385 g/mol. The van der Waals surface area contributed by atoms with E-state index in [-0.39, 0.29) is 23.9 Å². The Balaban J connectivity index is 3.15. The van der Waals surface area contributed by atoms with Crippen LogP contribution in [-0.4, -0.2) is 46.7 Å². The van der Waals surface area contributed by atoms with E-state index in [9.17, 15) is 14.7 Å². The van der Waals surface area contributed by atoms with E-state index >= 15 is 0 Å². The summed E-state index contributed by atoms with van der Waals surface area (Å²) in [5.41, 5.74) is -1.18. The van der Waals surface area contributed by atoms with Gasteiger partial charge in [0.25, 0.3) is 5.56 Å². The van der Waals surface area contributed by atoms with Crippen molar-refractivity contribution in [3.63, 3.8) is 0 Å². The number of H-pyrrole nitrogens is 1. The molecule has 0 aromatic carbocycles. The second-order valence-corrected chi connectivity index (χ2v) is 6.36. The van der Waals surface area contributed by atoms with Gasteiger partial charge >= 0.3 is 0 Å². The first kappa shape index (κ1) is 19.9. The highest BCUT2D eigenvalue weighted by Gasteiger charge is 2.29. The number of aromatic nitrogens is 1. The lowest BCUT2D eigenvalue weighted by Gasteiger charge is -2.18. The molecule has 0 spiro atoms. The van der Waals surface area contributed by atoms with E-state index in [2.05, 4.69) is 4.98 Å². The summed E-state index contributed by atoms with van der Waals surface area (Å²) >= 11 is 17.6. The zero-order valence-corrected chi connectivity index (χ0v) is 15.1. The minimum Gasteiger partial charge on any atom is -0.503 e. The van der Waals surface area contributed by atoms with E-state index in [0.717, 1.165) is 0 Å². The van der Waals surface area contributed by atoms with Gasteiger partial charge in [-0.2, -0.15) is 0 Å². The highest BCUT2D eigenvalue weighted by Crippen LogP contribution is 2.36. The molecule has 0 bridgehead atoms. The number of ketones is 1. The number of hydrogen-bond acceptors (Lipinski definition) is 5. The number of aromatic amines is 1. The summed E-state index contributed by atoms with van der Waals surface area (Å²) in [6, 6.07) is 0. The minimum atomic E-state index is -0.775. The molecule has 1 aromatic heterocycles. The first-order valence-electron chi connectivity index (χ1n) is 6.73. The Morgan fingerprint density at radius 2 is 1.87 bits per heavy atom. The standard InChI is InChI=1S/C14H18Cl3NO5/c1-6(4-7(16)8(17)5-15)10(19)9-11(20)12(22-2)14(23-3)18-13(9)21/h6-8H,4-5H2,1-3H3,(H2,18,20,21)/t6-,7-,8-/m0/s1. The number of rotatable bonds is 8. The number of nitrogens with one attached hydrogen (secondary N) is 1. The molecule has 0 amide bonds. The van der Waals surface area contributed by atoms with Gasteiger partial charge in [0.1, 0.15) is 5.56 Å². The largest absolute Gasteiger partial charge is 0.503 e. The smallest absolute Gasteiger partial charge is 0.265 e. The SMILES string of the molecule is COc1[nH]c(=O)c(C(=O)[C@@H](C)C[C@H](Cl)[C@@H](Cl)CCl)c(O)c1OC. The maximum atomic E-state index is 12.5. The van der Waals surface area contributed by atoms with E-state index in [4.69, 9.17) is 44.3 Å². The first-order chi connectivity index (χ1) is 10.8. The second kappa shape index (κ2) is 8.66. The molecule has 130 valence electrons. The fourth-order valence-corrected chi connectivity index (χ4v) is 2.81. The Labute approximate surface area is 148 Å². The second-order valence-electron chi connectivity index (χ2n) is 4.93. The molecule has 3 atom stereocenters. The Bertz CT molecular complexity index is 619. The number of halogens is 3. The van der Waals surface area contributed by atoms with E-state index in [0.29, 0.717) is 0 Å². The van der Waals surface area contributed by atoms with Gasteiger partial charge in [0.15, 0.2) is 11.5 Å². The molecule has 0 fully saturated rings. The number of carbonyl (C=O) groups excluding carboxylic acids is 1. The lowest BCUT2D eigenvalue weighted by atomic mass is 9.94. The Hall–Kier alpha value is -1.11. The maximum Gasteiger partial charge on any atom is 0.265 e. The van der Waals surface area contributed by atoms with E-state index in [1.54, 1.807) is 6.92 Å². The summed E-state index contributed by atoms with van der Waals surface area (Å²) in [5.74, 6) is -1.85. The highest BCUT2D eigenvalue weighted by molar-refractivity contribution is 6.33. The first-order valence-corrected chi connectivity index (χ1v) is 8.14. The number of hydrogen-bond donors (Lipinski definition) is 2. The van der Waals surface area contributed by atoms with Gasteiger partial charge in [0.05, 0.1) is 25.0 Å². The summed E-state index contributed by atoms with van der Waals surface area (Å²) in [5, 5.41) is 9.11. The number of methoxy groups -OCH3 is 2. The van der Waals surface area contributed by atoms with Gasteiger partial charge in [-0.05, 0) is 6.42 Å². The number of aromatic hydroxyl groups is 1. The van der Waals surface area contributed by atoms with Crippen molar-refractivity contribution in [1.29, 1.82) is 0 Å². The van der Waals surface area contributed by atoms with Gasteiger partial charge in [-0.1, -0.05) is 6.92 Å². The zero-order chi connectivity index (χ0) is 17.7. The summed E-state index contributed by atoms with van der Waals surface area (Å²) in [6.07, 6.45) is 0.203. The van der Waals surface area contributed by atoms with Crippen LogP contribution in [0.15, 0.2) is 4.79 Å². The molecular weight excluding hydrogens is 369 g/mol. The van der Waals surface area contributed by atoms with E-state index < -0.39 is 39.3 Å². The van der Waals surface area contributed by atoms with Crippen LogP contribution in [0, 0.1) is 5.92 Å². The van der Waals surface area contributed by atoms with Crippen molar-refractivity contribution < 1.29 is 19.4 Å². The van der Waals surface area contributed by atoms with Crippen molar-refractivity contribution in [2.24, 2.45) is 5.92 Å². The number of Topliss-reactive ketones (excluding diaryl/α,β-unsaturated/α-hetero) is 1. The Kier molecular flexibility index (Phi) is 7.51. The van der Waals surface area contributed by atoms with Crippen LogP contribution in [0.25, 0.3) is 0 Å². The van der Waals surface area contributed by atoms with Crippen LogP contribution in [0.2, 0.25) is 0 Å². The number of pyridine rings is 1. The molecule has 0 unspecified atom stereocenters. The van der Waals surface area contributed by atoms with Gasteiger partial charge in [0.2, 0.25) is 11.6 Å². The number of alkyl halides is 3. The average molecular weight is 387 g/mol. The molecule has 0 saturated heterocycles. The molecule has 0 radical (unpaired) electrons. The van der Waals surface area contributed by atoms with Gasteiger partial charge < -0.3 is 14.6 Å². The maximum absolute atomic E-state index is 12.5. The van der Waals surface area contributed by atoms with Crippen molar-refractivity contribution in [2.45, 2.75) is 24.1 Å². The van der Waals surface area contributed by atoms with E-state index in [1.165, 1.54) is 14.2 Å². The number of ether oxygens (including phenoxy) is 2. The van der Waals surface area contributed by atoms with Crippen LogP contribution >= 0.6 is 34.8 Å². The lowest BCUT2D eigenvalue weighted by Crippen LogP contribution is -2.27. The molecular formula is C14H18Cl3NO5. The summed E-state index contributed by atoms with van der Waals surface area (Å²) < 4.78 is 9.87. The van der Waals surface area contributed by atoms with Gasteiger partial charge in [-0.3, -0.25) is 14.6 Å². The third kappa shape index (κ3) is 4.46. The number of carbonyl (C=O) groups is 1. The predicted octanol–water partition coefficient (Wildman–Crippen LogP) is 2.76. The van der Waals surface area contributed by atoms with Crippen molar-refractivity contribution in [3.8, 4) is 17.4 Å².